The van der Waals surface area contributed by atoms with Gasteiger partial charge in [-0.3, -0.25) is 9.36 Å². The van der Waals surface area contributed by atoms with Crippen molar-refractivity contribution in [3.63, 3.8) is 0 Å². The summed E-state index contributed by atoms with van der Waals surface area (Å²) in [5, 5.41) is 5.50. The number of hydrogen-bond acceptors (Lipinski definition) is 7. The Hall–Kier alpha value is -3.07. The first-order valence-electron chi connectivity index (χ1n) is 8.12. The molecule has 9 heteroatoms. The monoisotopic (exact) mass is 383 g/mol. The number of hydrogen-bond donors (Lipinski definition) is 0. The fourth-order valence-electron chi connectivity index (χ4n) is 3.03. The van der Waals surface area contributed by atoms with E-state index in [1.54, 1.807) is 50.1 Å². The van der Waals surface area contributed by atoms with Gasteiger partial charge in [0.25, 0.3) is 11.3 Å². The minimum absolute atomic E-state index is 0.216. The number of benzene rings is 1. The van der Waals surface area contributed by atoms with Crippen LogP contribution in [0.3, 0.4) is 0 Å². The Morgan fingerprint density at radius 2 is 1.93 bits per heavy atom. The molecule has 138 valence electrons. The van der Waals surface area contributed by atoms with Crippen LogP contribution in [-0.2, 0) is 0 Å². The van der Waals surface area contributed by atoms with Crippen LogP contribution in [0.5, 0.6) is 11.5 Å². The van der Waals surface area contributed by atoms with Gasteiger partial charge >= 0.3 is 0 Å². The molecular formula is C18H17N5O3S. The van der Waals surface area contributed by atoms with Crippen molar-refractivity contribution < 1.29 is 9.47 Å². The van der Waals surface area contributed by atoms with Crippen molar-refractivity contribution in [2.75, 3.05) is 20.5 Å². The Morgan fingerprint density at radius 3 is 2.63 bits per heavy atom. The summed E-state index contributed by atoms with van der Waals surface area (Å²) >= 11 is 1.43. The van der Waals surface area contributed by atoms with Gasteiger partial charge < -0.3 is 9.47 Å². The topological polar surface area (TPSA) is 83.5 Å². The molecule has 3 aromatic heterocycles. The van der Waals surface area contributed by atoms with Crippen LogP contribution in [0, 0.1) is 6.92 Å². The zero-order valence-corrected chi connectivity index (χ0v) is 16.1. The Balaban J connectivity index is 2.05. The summed E-state index contributed by atoms with van der Waals surface area (Å²) in [6.45, 7) is 1.80. The van der Waals surface area contributed by atoms with E-state index in [4.69, 9.17) is 9.47 Å². The van der Waals surface area contributed by atoms with Gasteiger partial charge in [-0.1, -0.05) is 11.8 Å². The third kappa shape index (κ3) is 2.71. The molecule has 0 aliphatic heterocycles. The van der Waals surface area contributed by atoms with Crippen LogP contribution in [0.25, 0.3) is 22.4 Å². The molecule has 0 aliphatic rings. The largest absolute Gasteiger partial charge is 0.497 e. The first-order chi connectivity index (χ1) is 13.1. The lowest BCUT2D eigenvalue weighted by molar-refractivity contribution is 0.401. The number of methoxy groups -OCH3 is 2. The summed E-state index contributed by atoms with van der Waals surface area (Å²) in [7, 11) is 3.14. The van der Waals surface area contributed by atoms with Gasteiger partial charge in [-0.05, 0) is 31.4 Å². The quantitative estimate of drug-likeness (QED) is 0.501. The maximum absolute atomic E-state index is 13.3. The van der Waals surface area contributed by atoms with Gasteiger partial charge in [-0.2, -0.15) is 9.50 Å². The molecule has 0 unspecified atom stereocenters. The zero-order valence-electron chi connectivity index (χ0n) is 15.3. The fourth-order valence-corrected chi connectivity index (χ4v) is 3.37. The standard InChI is InChI=1S/C18H17N5O3S/c1-10-15-12(23-17(19-10)20-18(21-23)27-4)7-8-22(16(15)24)13-9-11(25-2)5-6-14(13)26-3/h5-9H,1-4H3. The van der Waals surface area contributed by atoms with Crippen LogP contribution in [0.2, 0.25) is 0 Å². The highest BCUT2D eigenvalue weighted by molar-refractivity contribution is 7.98. The van der Waals surface area contributed by atoms with Crippen LogP contribution in [0.1, 0.15) is 5.69 Å². The summed E-state index contributed by atoms with van der Waals surface area (Å²) in [5.74, 6) is 1.67. The number of rotatable bonds is 4. The highest BCUT2D eigenvalue weighted by Gasteiger charge is 2.16. The highest BCUT2D eigenvalue weighted by atomic mass is 32.2. The predicted octanol–water partition coefficient (Wildman–Crippen LogP) is 2.48. The van der Waals surface area contributed by atoms with Crippen molar-refractivity contribution in [1.82, 2.24) is 24.1 Å². The lowest BCUT2D eigenvalue weighted by Crippen LogP contribution is -2.20. The maximum Gasteiger partial charge on any atom is 0.266 e. The number of aryl methyl sites for hydroxylation is 1. The molecule has 0 amide bonds. The van der Waals surface area contributed by atoms with Gasteiger partial charge in [0.05, 0.1) is 36.5 Å². The normalized spacial score (nSPS) is 11.3. The van der Waals surface area contributed by atoms with E-state index in [0.29, 0.717) is 44.7 Å². The number of nitrogens with zero attached hydrogens (tertiary/aromatic N) is 5. The van der Waals surface area contributed by atoms with E-state index in [1.807, 2.05) is 12.3 Å². The number of aromatic nitrogens is 5. The lowest BCUT2D eigenvalue weighted by atomic mass is 10.2. The second kappa shape index (κ2) is 6.58. The van der Waals surface area contributed by atoms with Gasteiger partial charge in [-0.25, -0.2) is 4.98 Å². The van der Waals surface area contributed by atoms with Crippen LogP contribution in [0.15, 0.2) is 40.4 Å². The van der Waals surface area contributed by atoms with Gasteiger partial charge in [0.15, 0.2) is 0 Å². The van der Waals surface area contributed by atoms with Gasteiger partial charge in [0.1, 0.15) is 11.5 Å². The number of thioether (sulfide) groups is 1. The molecule has 27 heavy (non-hydrogen) atoms. The van der Waals surface area contributed by atoms with E-state index < -0.39 is 0 Å². The molecule has 0 radical (unpaired) electrons. The second-order valence-corrected chi connectivity index (χ2v) is 6.57. The average molecular weight is 383 g/mol. The highest BCUT2D eigenvalue weighted by Crippen LogP contribution is 2.27. The Labute approximate surface area is 158 Å². The smallest absolute Gasteiger partial charge is 0.266 e. The molecule has 0 saturated carbocycles. The predicted molar refractivity (Wildman–Crippen MR) is 104 cm³/mol. The summed E-state index contributed by atoms with van der Waals surface area (Å²) in [6, 6.07) is 7.14. The van der Waals surface area contributed by atoms with Gasteiger partial charge in [0, 0.05) is 12.3 Å². The van der Waals surface area contributed by atoms with Crippen molar-refractivity contribution in [3.8, 4) is 17.2 Å². The first-order valence-corrected chi connectivity index (χ1v) is 9.35. The van der Waals surface area contributed by atoms with E-state index in [0.717, 1.165) is 0 Å². The van der Waals surface area contributed by atoms with E-state index in [2.05, 4.69) is 15.1 Å². The molecule has 4 rings (SSSR count). The first kappa shape index (κ1) is 17.3. The third-order valence-corrected chi connectivity index (χ3v) is 4.86. The SMILES string of the molecule is COc1ccc(OC)c(-n2ccc3c(c(C)nc4nc(SC)nn43)c2=O)c1. The zero-order chi connectivity index (χ0) is 19.1. The molecule has 0 N–H and O–H groups in total. The van der Waals surface area contributed by atoms with E-state index in [9.17, 15) is 4.79 Å². The number of fused-ring (bicyclic) bond motifs is 3. The molecule has 0 atom stereocenters. The molecule has 8 nitrogen and oxygen atoms in total. The molecule has 0 bridgehead atoms. The van der Waals surface area contributed by atoms with Crippen molar-refractivity contribution in [3.05, 3.63) is 46.5 Å². The molecule has 0 fully saturated rings. The second-order valence-electron chi connectivity index (χ2n) is 5.80. The molecule has 4 aromatic rings. The fraction of sp³-hybridized carbons (Fsp3) is 0.222. The summed E-state index contributed by atoms with van der Waals surface area (Å²) < 4.78 is 13.8. The van der Waals surface area contributed by atoms with Crippen LogP contribution in [0.4, 0.5) is 0 Å². The van der Waals surface area contributed by atoms with Crippen molar-refractivity contribution in [1.29, 1.82) is 0 Å². The molecule has 0 saturated heterocycles. The van der Waals surface area contributed by atoms with E-state index in [1.165, 1.54) is 16.3 Å². The minimum atomic E-state index is -0.216. The van der Waals surface area contributed by atoms with Gasteiger partial charge in [-0.15, -0.1) is 5.10 Å². The summed E-state index contributed by atoms with van der Waals surface area (Å²) in [6.07, 6.45) is 3.59. The Kier molecular flexibility index (Phi) is 4.23. The average Bonchev–Trinajstić information content (AvgIpc) is 3.10. The van der Waals surface area contributed by atoms with Crippen LogP contribution >= 0.6 is 11.8 Å². The minimum Gasteiger partial charge on any atom is -0.497 e. The van der Waals surface area contributed by atoms with Crippen LogP contribution in [-0.4, -0.2) is 44.6 Å². The Bertz CT molecular complexity index is 1230. The van der Waals surface area contributed by atoms with Crippen molar-refractivity contribution >= 4 is 28.4 Å². The van der Waals surface area contributed by atoms with E-state index >= 15 is 0 Å². The maximum atomic E-state index is 13.3. The molecule has 1 aromatic carbocycles. The summed E-state index contributed by atoms with van der Waals surface area (Å²) in [5.41, 5.74) is 1.63. The molecule has 0 aliphatic carbocycles. The van der Waals surface area contributed by atoms with E-state index in [-0.39, 0.29) is 5.56 Å². The van der Waals surface area contributed by atoms with Crippen LogP contribution < -0.4 is 15.0 Å². The number of ether oxygens (including phenoxy) is 2. The summed E-state index contributed by atoms with van der Waals surface area (Å²) in [4.78, 5) is 22.1. The van der Waals surface area contributed by atoms with Crippen molar-refractivity contribution in [2.24, 2.45) is 0 Å². The van der Waals surface area contributed by atoms with Crippen molar-refractivity contribution in [2.45, 2.75) is 12.1 Å². The number of pyridine rings is 1. The Morgan fingerprint density at radius 1 is 1.11 bits per heavy atom. The molecular weight excluding hydrogens is 366 g/mol. The molecule has 3 heterocycles. The lowest BCUT2D eigenvalue weighted by Gasteiger charge is -2.13. The molecule has 0 spiro atoms. The third-order valence-electron chi connectivity index (χ3n) is 4.33. The van der Waals surface area contributed by atoms with Gasteiger partial charge in [0.2, 0.25) is 5.16 Å².